The van der Waals surface area contributed by atoms with Gasteiger partial charge in [-0.25, -0.2) is 4.79 Å². The number of likely N-dealkylation sites (N-methyl/N-ethyl adjacent to an activating group) is 1. The molecule has 1 aromatic rings. The lowest BCUT2D eigenvalue weighted by atomic mass is 10.3. The molecule has 1 rings (SSSR count). The Balaban J connectivity index is 2.99. The van der Waals surface area contributed by atoms with Crippen LogP contribution in [0.4, 0.5) is 11.5 Å². The van der Waals surface area contributed by atoms with Gasteiger partial charge in [0.25, 0.3) is 5.56 Å². The molecule has 0 unspecified atom stereocenters. The van der Waals surface area contributed by atoms with E-state index in [0.29, 0.717) is 13.1 Å². The van der Waals surface area contributed by atoms with Crippen LogP contribution in [0.5, 0.6) is 0 Å². The lowest BCUT2D eigenvalue weighted by Gasteiger charge is -2.17. The summed E-state index contributed by atoms with van der Waals surface area (Å²) in [5.41, 5.74) is 4.79. The first-order valence-corrected chi connectivity index (χ1v) is 7.02. The number of rotatable bonds is 7. The fraction of sp³-hybridized carbons (Fsp3) is 0.615. The number of nitrogens with two attached hydrogens (primary N) is 1. The number of unbranched alkanes of at least 4 members (excludes halogenated alkanes) is 1. The highest BCUT2D eigenvalue weighted by atomic mass is 16.2. The second-order valence-electron chi connectivity index (χ2n) is 4.79. The Morgan fingerprint density at radius 3 is 2.62 bits per heavy atom. The monoisotopic (exact) mass is 297 g/mol. The Hall–Kier alpha value is -2.25. The average molecular weight is 297 g/mol. The highest BCUT2D eigenvalue weighted by Gasteiger charge is 2.14. The van der Waals surface area contributed by atoms with Crippen molar-refractivity contribution in [3.8, 4) is 0 Å². The standard InChI is InChI=1S/C13H23N5O3/c1-4-6-7-18-11(14)10(12(20)16-13(18)21)15-8-9(19)17(3)5-2/h15H,4-8,14H2,1-3H3,(H,16,20,21). The maximum absolute atomic E-state index is 11.8. The summed E-state index contributed by atoms with van der Waals surface area (Å²) in [6, 6.07) is 0. The Morgan fingerprint density at radius 1 is 1.38 bits per heavy atom. The van der Waals surface area contributed by atoms with Gasteiger partial charge in [0, 0.05) is 20.1 Å². The lowest BCUT2D eigenvalue weighted by molar-refractivity contribution is -0.127. The first kappa shape index (κ1) is 16.8. The highest BCUT2D eigenvalue weighted by molar-refractivity contribution is 5.81. The molecule has 0 fully saturated rings. The first-order chi connectivity index (χ1) is 9.92. The van der Waals surface area contributed by atoms with Gasteiger partial charge in [0.15, 0.2) is 0 Å². The number of anilines is 2. The third-order valence-electron chi connectivity index (χ3n) is 3.29. The van der Waals surface area contributed by atoms with E-state index in [9.17, 15) is 14.4 Å². The largest absolute Gasteiger partial charge is 0.383 e. The molecular formula is C13H23N5O3. The van der Waals surface area contributed by atoms with Gasteiger partial charge in [0.2, 0.25) is 5.91 Å². The van der Waals surface area contributed by atoms with Crippen LogP contribution < -0.4 is 22.3 Å². The third kappa shape index (κ3) is 4.11. The van der Waals surface area contributed by atoms with Crippen LogP contribution in [-0.2, 0) is 11.3 Å². The number of nitrogens with zero attached hydrogens (tertiary/aromatic N) is 2. The fourth-order valence-corrected chi connectivity index (χ4v) is 1.77. The van der Waals surface area contributed by atoms with Crippen molar-refractivity contribution in [2.24, 2.45) is 0 Å². The molecule has 8 heteroatoms. The maximum atomic E-state index is 11.8. The maximum Gasteiger partial charge on any atom is 0.330 e. The molecule has 1 heterocycles. The Kier molecular flexibility index (Phi) is 6.01. The number of nitrogen functional groups attached to an aromatic ring is 1. The van der Waals surface area contributed by atoms with Crippen molar-refractivity contribution in [1.29, 1.82) is 0 Å². The normalized spacial score (nSPS) is 10.4. The van der Waals surface area contributed by atoms with Crippen molar-refractivity contribution in [3.63, 3.8) is 0 Å². The topological polar surface area (TPSA) is 113 Å². The summed E-state index contributed by atoms with van der Waals surface area (Å²) in [7, 11) is 1.67. The number of carbonyl (C=O) groups excluding carboxylic acids is 1. The van der Waals surface area contributed by atoms with Crippen molar-refractivity contribution < 1.29 is 4.79 Å². The molecule has 0 bridgehead atoms. The quantitative estimate of drug-likeness (QED) is 0.645. The van der Waals surface area contributed by atoms with Gasteiger partial charge < -0.3 is 16.0 Å². The molecule has 0 atom stereocenters. The van der Waals surface area contributed by atoms with Crippen LogP contribution in [0.3, 0.4) is 0 Å². The number of nitrogens with one attached hydrogen (secondary N) is 2. The molecule has 0 aliphatic carbocycles. The summed E-state index contributed by atoms with van der Waals surface area (Å²) in [5.74, 6) is -0.105. The van der Waals surface area contributed by atoms with Crippen LogP contribution in [0.25, 0.3) is 0 Å². The van der Waals surface area contributed by atoms with E-state index in [4.69, 9.17) is 5.73 Å². The predicted molar refractivity (Wildman–Crippen MR) is 82.4 cm³/mol. The van der Waals surface area contributed by atoms with Crippen molar-refractivity contribution in [2.45, 2.75) is 33.2 Å². The zero-order valence-corrected chi connectivity index (χ0v) is 12.7. The molecule has 0 radical (unpaired) electrons. The minimum absolute atomic E-state index is 0.0520. The van der Waals surface area contributed by atoms with Gasteiger partial charge in [-0.3, -0.25) is 19.1 Å². The number of hydrogen-bond acceptors (Lipinski definition) is 5. The first-order valence-electron chi connectivity index (χ1n) is 7.02. The average Bonchev–Trinajstić information content (AvgIpc) is 2.45. The minimum atomic E-state index is -0.614. The summed E-state index contributed by atoms with van der Waals surface area (Å²) in [6.45, 7) is 4.79. The Bertz CT molecular complexity index is 605. The van der Waals surface area contributed by atoms with Gasteiger partial charge in [-0.2, -0.15) is 0 Å². The number of aromatic nitrogens is 2. The highest BCUT2D eigenvalue weighted by Crippen LogP contribution is 2.10. The van der Waals surface area contributed by atoms with Gasteiger partial charge in [-0.05, 0) is 13.3 Å². The smallest absolute Gasteiger partial charge is 0.330 e. The molecule has 1 aromatic heterocycles. The van der Waals surface area contributed by atoms with Gasteiger partial charge in [0.05, 0.1) is 6.54 Å². The van der Waals surface area contributed by atoms with E-state index in [1.807, 2.05) is 13.8 Å². The molecule has 4 N–H and O–H groups in total. The van der Waals surface area contributed by atoms with Crippen LogP contribution >= 0.6 is 0 Å². The van der Waals surface area contributed by atoms with E-state index >= 15 is 0 Å². The van der Waals surface area contributed by atoms with Crippen LogP contribution in [0.1, 0.15) is 26.7 Å². The predicted octanol–water partition coefficient (Wildman–Crippen LogP) is -0.191. The van der Waals surface area contributed by atoms with E-state index < -0.39 is 11.2 Å². The van der Waals surface area contributed by atoms with Gasteiger partial charge >= 0.3 is 5.69 Å². The van der Waals surface area contributed by atoms with Crippen LogP contribution in [0.2, 0.25) is 0 Å². The Labute approximate surface area is 122 Å². The van der Waals surface area contributed by atoms with Crippen LogP contribution in [-0.4, -0.2) is 40.5 Å². The molecule has 21 heavy (non-hydrogen) atoms. The van der Waals surface area contributed by atoms with E-state index in [1.54, 1.807) is 7.05 Å². The molecule has 118 valence electrons. The van der Waals surface area contributed by atoms with Gasteiger partial charge in [-0.1, -0.05) is 13.3 Å². The number of carbonyl (C=O) groups is 1. The van der Waals surface area contributed by atoms with Gasteiger partial charge in [0.1, 0.15) is 11.5 Å². The fourth-order valence-electron chi connectivity index (χ4n) is 1.77. The Morgan fingerprint density at radius 2 is 2.05 bits per heavy atom. The third-order valence-corrected chi connectivity index (χ3v) is 3.29. The molecule has 0 aromatic carbocycles. The molecule has 0 saturated heterocycles. The second kappa shape index (κ2) is 7.51. The summed E-state index contributed by atoms with van der Waals surface area (Å²) in [5, 5.41) is 2.72. The minimum Gasteiger partial charge on any atom is -0.383 e. The summed E-state index contributed by atoms with van der Waals surface area (Å²) in [6.07, 6.45) is 1.67. The van der Waals surface area contributed by atoms with E-state index in [0.717, 1.165) is 12.8 Å². The molecule has 0 spiro atoms. The zero-order chi connectivity index (χ0) is 16.0. The number of aromatic amines is 1. The van der Waals surface area contributed by atoms with Gasteiger partial charge in [-0.15, -0.1) is 0 Å². The van der Waals surface area contributed by atoms with Crippen molar-refractivity contribution in [3.05, 3.63) is 20.8 Å². The summed E-state index contributed by atoms with van der Waals surface area (Å²) in [4.78, 5) is 39.0. The summed E-state index contributed by atoms with van der Waals surface area (Å²) >= 11 is 0. The molecular weight excluding hydrogens is 274 g/mol. The van der Waals surface area contributed by atoms with E-state index in [-0.39, 0.29) is 24.0 Å². The lowest BCUT2D eigenvalue weighted by Crippen LogP contribution is -2.37. The number of amides is 1. The molecule has 0 aliphatic heterocycles. The molecule has 8 nitrogen and oxygen atoms in total. The second-order valence-corrected chi connectivity index (χ2v) is 4.79. The van der Waals surface area contributed by atoms with Crippen molar-refractivity contribution >= 4 is 17.4 Å². The van der Waals surface area contributed by atoms with E-state index in [2.05, 4.69) is 10.3 Å². The molecule has 0 saturated carbocycles. The van der Waals surface area contributed by atoms with Crippen LogP contribution in [0.15, 0.2) is 9.59 Å². The van der Waals surface area contributed by atoms with Crippen molar-refractivity contribution in [2.75, 3.05) is 31.2 Å². The van der Waals surface area contributed by atoms with Crippen molar-refractivity contribution in [1.82, 2.24) is 14.5 Å². The zero-order valence-electron chi connectivity index (χ0n) is 12.7. The number of hydrogen-bond donors (Lipinski definition) is 3. The SMILES string of the molecule is CCCCn1c(N)c(NCC(=O)N(C)CC)c(=O)[nH]c1=O. The molecule has 1 amide bonds. The van der Waals surface area contributed by atoms with E-state index in [1.165, 1.54) is 9.47 Å². The van der Waals surface area contributed by atoms with Crippen LogP contribution in [0, 0.1) is 0 Å². The molecule has 0 aliphatic rings. The summed E-state index contributed by atoms with van der Waals surface area (Å²) < 4.78 is 1.31. The number of H-pyrrole nitrogens is 1.